The molecule has 2 rings (SSSR count). The largest absolute Gasteiger partial charge is 0.466 e. The number of carbonyl (C=O) groups excluding carboxylic acids is 2. The number of carbonyl (C=O) groups is 2. The summed E-state index contributed by atoms with van der Waals surface area (Å²) in [5, 5.41) is 13.6. The van der Waals surface area contributed by atoms with Crippen LogP contribution >= 0.6 is 11.3 Å². The molecule has 114 valence electrons. The molecule has 0 spiro atoms. The molecule has 0 aliphatic heterocycles. The van der Waals surface area contributed by atoms with Crippen molar-refractivity contribution in [2.24, 2.45) is 0 Å². The number of anilines is 1. The molecule has 0 bridgehead atoms. The van der Waals surface area contributed by atoms with Crippen molar-refractivity contribution in [2.75, 3.05) is 5.32 Å². The molecule has 7 heteroatoms. The van der Waals surface area contributed by atoms with Gasteiger partial charge in [0.05, 0.1) is 5.56 Å². The Bertz CT molecular complexity index is 754. The molecule has 1 unspecified atom stereocenters. The zero-order valence-electron chi connectivity index (χ0n) is 12.3. The van der Waals surface area contributed by atoms with Crippen LogP contribution in [0.1, 0.15) is 34.4 Å². The van der Waals surface area contributed by atoms with E-state index in [0.29, 0.717) is 27.6 Å². The van der Waals surface area contributed by atoms with Crippen LogP contribution < -0.4 is 5.32 Å². The predicted octanol–water partition coefficient (Wildman–Crippen LogP) is 3.01. The first-order valence-electron chi connectivity index (χ1n) is 6.49. The number of aryl methyl sites for hydroxylation is 2. The van der Waals surface area contributed by atoms with Gasteiger partial charge in [-0.05, 0) is 38.3 Å². The maximum atomic E-state index is 12.0. The summed E-state index contributed by atoms with van der Waals surface area (Å²) < 4.78 is 10.4. The van der Waals surface area contributed by atoms with Crippen molar-refractivity contribution in [3.8, 4) is 6.07 Å². The molecule has 0 radical (unpaired) electrons. The second kappa shape index (κ2) is 6.45. The summed E-state index contributed by atoms with van der Waals surface area (Å²) in [5.41, 5.74) is 0.671. The Balaban J connectivity index is 2.01. The molecule has 2 aromatic rings. The fraction of sp³-hybridized carbons (Fsp3) is 0.267. The molecular formula is C15H14N2O4S. The van der Waals surface area contributed by atoms with Crippen LogP contribution in [0.3, 0.4) is 0 Å². The number of hydrogen-bond donors (Lipinski definition) is 1. The van der Waals surface area contributed by atoms with Crippen LogP contribution in [0.2, 0.25) is 0 Å². The Morgan fingerprint density at radius 2 is 2.18 bits per heavy atom. The first-order chi connectivity index (χ1) is 10.4. The zero-order valence-corrected chi connectivity index (χ0v) is 13.1. The Hall–Kier alpha value is -2.59. The lowest BCUT2D eigenvalue weighted by Crippen LogP contribution is -2.30. The molecule has 2 aromatic heterocycles. The standard InChI is InChI=1S/C15H14N2O4S/c1-8-6-12(9(2)20-8)15(19)21-10(3)13(18)17-14-11(7-16)4-5-22-14/h4-6,10H,1-3H3,(H,17,18). The fourth-order valence-corrected chi connectivity index (χ4v) is 2.56. The molecule has 6 nitrogen and oxygen atoms in total. The zero-order chi connectivity index (χ0) is 16.3. The Kier molecular flexibility index (Phi) is 4.63. The van der Waals surface area contributed by atoms with Crippen molar-refractivity contribution in [1.82, 2.24) is 0 Å². The van der Waals surface area contributed by atoms with E-state index in [1.54, 1.807) is 31.4 Å². The number of amides is 1. The molecule has 2 heterocycles. The van der Waals surface area contributed by atoms with Crippen LogP contribution in [0.15, 0.2) is 21.9 Å². The molecule has 0 aliphatic rings. The van der Waals surface area contributed by atoms with Gasteiger partial charge in [0, 0.05) is 0 Å². The lowest BCUT2D eigenvalue weighted by molar-refractivity contribution is -0.123. The fourth-order valence-electron chi connectivity index (χ4n) is 1.82. The van der Waals surface area contributed by atoms with Gasteiger partial charge in [-0.25, -0.2) is 4.79 Å². The summed E-state index contributed by atoms with van der Waals surface area (Å²) in [4.78, 5) is 24.0. The van der Waals surface area contributed by atoms with Gasteiger partial charge in [0.25, 0.3) is 5.91 Å². The minimum Gasteiger partial charge on any atom is -0.466 e. The molecule has 1 amide bonds. The quantitative estimate of drug-likeness (QED) is 0.875. The van der Waals surface area contributed by atoms with Crippen LogP contribution in [0, 0.1) is 25.2 Å². The van der Waals surface area contributed by atoms with E-state index < -0.39 is 18.0 Å². The monoisotopic (exact) mass is 318 g/mol. The van der Waals surface area contributed by atoms with Gasteiger partial charge in [-0.15, -0.1) is 11.3 Å². The van der Waals surface area contributed by atoms with Crippen molar-refractivity contribution < 1.29 is 18.7 Å². The van der Waals surface area contributed by atoms with Gasteiger partial charge in [0.15, 0.2) is 6.10 Å². The van der Waals surface area contributed by atoms with Gasteiger partial charge in [-0.1, -0.05) is 0 Å². The van der Waals surface area contributed by atoms with Crippen molar-refractivity contribution >= 4 is 28.2 Å². The third-order valence-corrected chi connectivity index (χ3v) is 3.77. The second-order valence-electron chi connectivity index (χ2n) is 4.64. The molecule has 22 heavy (non-hydrogen) atoms. The predicted molar refractivity (Wildman–Crippen MR) is 80.7 cm³/mol. The minimum atomic E-state index is -0.990. The highest BCUT2D eigenvalue weighted by molar-refractivity contribution is 7.14. The van der Waals surface area contributed by atoms with E-state index in [9.17, 15) is 9.59 Å². The summed E-state index contributed by atoms with van der Waals surface area (Å²) >= 11 is 1.23. The summed E-state index contributed by atoms with van der Waals surface area (Å²) in [7, 11) is 0. The van der Waals surface area contributed by atoms with Crippen LogP contribution in [0.4, 0.5) is 5.00 Å². The van der Waals surface area contributed by atoms with Crippen molar-refractivity contribution in [3.05, 3.63) is 40.2 Å². The number of nitrogens with zero attached hydrogens (tertiary/aromatic N) is 1. The number of ether oxygens (including phenoxy) is 1. The van der Waals surface area contributed by atoms with Crippen LogP contribution in [-0.4, -0.2) is 18.0 Å². The number of hydrogen-bond acceptors (Lipinski definition) is 6. The Labute approximate surface area is 131 Å². The van der Waals surface area contributed by atoms with Crippen LogP contribution in [0.5, 0.6) is 0 Å². The van der Waals surface area contributed by atoms with Gasteiger partial charge in [0.2, 0.25) is 0 Å². The van der Waals surface area contributed by atoms with Crippen molar-refractivity contribution in [2.45, 2.75) is 26.9 Å². The van der Waals surface area contributed by atoms with Crippen molar-refractivity contribution in [1.29, 1.82) is 5.26 Å². The summed E-state index contributed by atoms with van der Waals surface area (Å²) in [6, 6.07) is 5.14. The lowest BCUT2D eigenvalue weighted by Gasteiger charge is -2.12. The van der Waals surface area contributed by atoms with E-state index in [1.807, 2.05) is 6.07 Å². The van der Waals surface area contributed by atoms with Crippen LogP contribution in [-0.2, 0) is 9.53 Å². The lowest BCUT2D eigenvalue weighted by atomic mass is 10.2. The maximum absolute atomic E-state index is 12.0. The third kappa shape index (κ3) is 3.35. The molecule has 0 saturated carbocycles. The van der Waals surface area contributed by atoms with Gasteiger partial charge in [-0.3, -0.25) is 4.79 Å². The van der Waals surface area contributed by atoms with Gasteiger partial charge in [-0.2, -0.15) is 5.26 Å². The molecular weight excluding hydrogens is 304 g/mol. The first kappa shape index (κ1) is 15.8. The SMILES string of the molecule is Cc1cc(C(=O)OC(C)C(=O)Nc2sccc2C#N)c(C)o1. The number of nitriles is 1. The molecule has 0 saturated heterocycles. The maximum Gasteiger partial charge on any atom is 0.342 e. The average Bonchev–Trinajstić information content (AvgIpc) is 3.04. The van der Waals surface area contributed by atoms with Crippen LogP contribution in [0.25, 0.3) is 0 Å². The van der Waals surface area contributed by atoms with E-state index in [4.69, 9.17) is 14.4 Å². The van der Waals surface area contributed by atoms with Gasteiger partial charge >= 0.3 is 5.97 Å². The number of rotatable bonds is 4. The third-order valence-electron chi connectivity index (χ3n) is 2.94. The highest BCUT2D eigenvalue weighted by atomic mass is 32.1. The molecule has 0 aliphatic carbocycles. The topological polar surface area (TPSA) is 92.3 Å². The summed E-state index contributed by atoms with van der Waals surface area (Å²) in [5.74, 6) is -0.0761. The molecule has 0 fully saturated rings. The molecule has 1 N–H and O–H groups in total. The van der Waals surface area contributed by atoms with E-state index in [-0.39, 0.29) is 0 Å². The van der Waals surface area contributed by atoms with Crippen molar-refractivity contribution in [3.63, 3.8) is 0 Å². The average molecular weight is 318 g/mol. The Morgan fingerprint density at radius 1 is 1.45 bits per heavy atom. The Morgan fingerprint density at radius 3 is 2.77 bits per heavy atom. The minimum absolute atomic E-state index is 0.297. The molecule has 0 aromatic carbocycles. The summed E-state index contributed by atoms with van der Waals surface area (Å²) in [6.45, 7) is 4.84. The second-order valence-corrected chi connectivity index (χ2v) is 5.56. The number of furan rings is 1. The number of nitrogens with one attached hydrogen (secondary N) is 1. The number of esters is 1. The highest BCUT2D eigenvalue weighted by Crippen LogP contribution is 2.22. The van der Waals surface area contributed by atoms with Gasteiger partial charge < -0.3 is 14.5 Å². The van der Waals surface area contributed by atoms with Gasteiger partial charge in [0.1, 0.15) is 28.2 Å². The normalized spacial score (nSPS) is 11.5. The van der Waals surface area contributed by atoms with E-state index in [1.165, 1.54) is 18.3 Å². The molecule has 1 atom stereocenters. The number of thiophene rings is 1. The highest BCUT2D eigenvalue weighted by Gasteiger charge is 2.22. The van der Waals surface area contributed by atoms with E-state index in [0.717, 1.165) is 0 Å². The smallest absolute Gasteiger partial charge is 0.342 e. The first-order valence-corrected chi connectivity index (χ1v) is 7.36. The van der Waals surface area contributed by atoms with E-state index >= 15 is 0 Å². The van der Waals surface area contributed by atoms with E-state index in [2.05, 4.69) is 5.32 Å². The summed E-state index contributed by atoms with van der Waals surface area (Å²) in [6.07, 6.45) is -0.990.